The van der Waals surface area contributed by atoms with Gasteiger partial charge in [0.15, 0.2) is 6.29 Å². The Morgan fingerprint density at radius 3 is 2.64 bits per heavy atom. The van der Waals surface area contributed by atoms with Crippen molar-refractivity contribution in [3.63, 3.8) is 0 Å². The number of nitrogens with one attached hydrogen (secondary N) is 2. The van der Waals surface area contributed by atoms with E-state index in [9.17, 15) is 19.2 Å². The zero-order chi connectivity index (χ0) is 20.8. The minimum absolute atomic E-state index is 0.177. The van der Waals surface area contributed by atoms with Crippen LogP contribution in [0.4, 0.5) is 10.5 Å². The molecule has 2 unspecified atom stereocenters. The Morgan fingerprint density at radius 1 is 1.32 bits per heavy atom. The fourth-order valence-electron chi connectivity index (χ4n) is 3.14. The molecule has 2 N–H and O–H groups in total. The second kappa shape index (κ2) is 9.68. The van der Waals surface area contributed by atoms with Crippen molar-refractivity contribution in [3.05, 3.63) is 28.2 Å². The molecule has 1 aromatic carbocycles. The normalized spacial score (nSPS) is 17.2. The summed E-state index contributed by atoms with van der Waals surface area (Å²) in [6.07, 6.45) is 1.15. The highest BCUT2D eigenvalue weighted by molar-refractivity contribution is 9.10. The van der Waals surface area contributed by atoms with Gasteiger partial charge in [0.1, 0.15) is 12.1 Å². The van der Waals surface area contributed by atoms with E-state index in [1.54, 1.807) is 18.2 Å². The Balaban J connectivity index is 2.16. The smallest absolute Gasteiger partial charge is 0.407 e. The Morgan fingerprint density at radius 2 is 2.04 bits per heavy atom. The molecule has 1 aliphatic rings. The van der Waals surface area contributed by atoms with Crippen LogP contribution in [0.3, 0.4) is 0 Å². The van der Waals surface area contributed by atoms with Crippen molar-refractivity contribution in [2.45, 2.75) is 38.8 Å². The van der Waals surface area contributed by atoms with Crippen molar-refractivity contribution in [3.8, 4) is 0 Å². The largest absolute Gasteiger partial charge is 0.453 e. The topological polar surface area (TPSA) is 105 Å². The third-order valence-corrected chi connectivity index (χ3v) is 5.12. The number of amides is 3. The van der Waals surface area contributed by atoms with Gasteiger partial charge in [0.2, 0.25) is 11.8 Å². The number of aldehydes is 1. The minimum atomic E-state index is -0.793. The summed E-state index contributed by atoms with van der Waals surface area (Å²) in [7, 11) is 1.23. The number of methoxy groups -OCH3 is 1. The SMILES string of the molecule is COC(=O)NC(C(=O)N1CCCC1C(=O)Nc1ccc(Br)cc1C=O)C(C)C. The lowest BCUT2D eigenvalue weighted by atomic mass is 10.0. The average molecular weight is 454 g/mol. The van der Waals surface area contributed by atoms with Gasteiger partial charge in [0.05, 0.1) is 12.8 Å². The molecule has 152 valence electrons. The van der Waals surface area contributed by atoms with E-state index in [0.29, 0.717) is 36.9 Å². The second-order valence-electron chi connectivity index (χ2n) is 6.89. The van der Waals surface area contributed by atoms with Crippen LogP contribution in [0.1, 0.15) is 37.0 Å². The highest BCUT2D eigenvalue weighted by Gasteiger charge is 2.38. The van der Waals surface area contributed by atoms with E-state index in [0.717, 1.165) is 4.47 Å². The molecule has 0 radical (unpaired) electrons. The van der Waals surface area contributed by atoms with E-state index in [2.05, 4.69) is 31.3 Å². The third-order valence-electron chi connectivity index (χ3n) is 4.63. The number of hydrogen-bond donors (Lipinski definition) is 2. The zero-order valence-corrected chi connectivity index (χ0v) is 17.6. The highest BCUT2D eigenvalue weighted by atomic mass is 79.9. The second-order valence-corrected chi connectivity index (χ2v) is 7.80. The molecular weight excluding hydrogens is 430 g/mol. The van der Waals surface area contributed by atoms with Crippen LogP contribution in [0.5, 0.6) is 0 Å². The molecule has 9 heteroatoms. The van der Waals surface area contributed by atoms with Crippen molar-refractivity contribution in [1.82, 2.24) is 10.2 Å². The van der Waals surface area contributed by atoms with Gasteiger partial charge in [-0.3, -0.25) is 14.4 Å². The summed E-state index contributed by atoms with van der Waals surface area (Å²) in [5.74, 6) is -0.870. The predicted octanol–water partition coefficient (Wildman–Crippen LogP) is 2.57. The van der Waals surface area contributed by atoms with E-state index in [1.807, 2.05) is 13.8 Å². The Hall–Kier alpha value is -2.42. The van der Waals surface area contributed by atoms with E-state index >= 15 is 0 Å². The van der Waals surface area contributed by atoms with Gasteiger partial charge in [-0.25, -0.2) is 4.79 Å². The molecule has 1 saturated heterocycles. The number of anilines is 1. The zero-order valence-electron chi connectivity index (χ0n) is 16.0. The molecule has 3 amide bonds. The summed E-state index contributed by atoms with van der Waals surface area (Å²) in [5.41, 5.74) is 0.724. The van der Waals surface area contributed by atoms with Crippen molar-refractivity contribution < 1.29 is 23.9 Å². The predicted molar refractivity (Wildman–Crippen MR) is 107 cm³/mol. The van der Waals surface area contributed by atoms with Crippen LogP contribution >= 0.6 is 15.9 Å². The van der Waals surface area contributed by atoms with Crippen LogP contribution in [-0.2, 0) is 14.3 Å². The molecule has 1 fully saturated rings. The quantitative estimate of drug-likeness (QED) is 0.643. The van der Waals surface area contributed by atoms with Gasteiger partial charge < -0.3 is 20.3 Å². The van der Waals surface area contributed by atoms with Crippen LogP contribution in [0.25, 0.3) is 0 Å². The fourth-order valence-corrected chi connectivity index (χ4v) is 3.52. The first kappa shape index (κ1) is 21.9. The minimum Gasteiger partial charge on any atom is -0.453 e. The van der Waals surface area contributed by atoms with Gasteiger partial charge in [0, 0.05) is 16.6 Å². The molecule has 1 aromatic rings. The molecule has 28 heavy (non-hydrogen) atoms. The number of hydrogen-bond acceptors (Lipinski definition) is 5. The molecule has 1 aliphatic heterocycles. The molecule has 0 aromatic heterocycles. The van der Waals surface area contributed by atoms with E-state index in [4.69, 9.17) is 0 Å². The molecule has 2 rings (SSSR count). The maximum atomic E-state index is 13.0. The van der Waals surface area contributed by atoms with Crippen LogP contribution in [0, 0.1) is 5.92 Å². The number of nitrogens with zero attached hydrogens (tertiary/aromatic N) is 1. The number of carbonyl (C=O) groups is 4. The third kappa shape index (κ3) is 5.09. The lowest BCUT2D eigenvalue weighted by Gasteiger charge is -2.30. The lowest BCUT2D eigenvalue weighted by molar-refractivity contribution is -0.139. The fraction of sp³-hybridized carbons (Fsp3) is 0.474. The summed E-state index contributed by atoms with van der Waals surface area (Å²) in [4.78, 5) is 50.1. The summed E-state index contributed by atoms with van der Waals surface area (Å²) in [5, 5.41) is 5.28. The van der Waals surface area contributed by atoms with Crippen molar-refractivity contribution in [1.29, 1.82) is 0 Å². The average Bonchev–Trinajstić information content (AvgIpc) is 3.16. The number of alkyl carbamates (subject to hydrolysis) is 1. The number of carbonyl (C=O) groups excluding carboxylic acids is 4. The molecule has 8 nitrogen and oxygen atoms in total. The standard InChI is InChI=1S/C19H24BrN3O5/c1-11(2)16(22-19(27)28-3)18(26)23-8-4-5-15(23)17(25)21-14-7-6-13(20)9-12(14)10-24/h6-7,9-11,15-16H,4-5,8H2,1-3H3,(H,21,25)(H,22,27). The van der Waals surface area contributed by atoms with Gasteiger partial charge in [-0.2, -0.15) is 0 Å². The number of likely N-dealkylation sites (tertiary alicyclic amines) is 1. The van der Waals surface area contributed by atoms with Crippen LogP contribution < -0.4 is 10.6 Å². The van der Waals surface area contributed by atoms with Gasteiger partial charge in [0.25, 0.3) is 0 Å². The number of benzene rings is 1. The van der Waals surface area contributed by atoms with Crippen LogP contribution in [0.15, 0.2) is 22.7 Å². The Labute approximate surface area is 172 Å². The van der Waals surface area contributed by atoms with Crippen LogP contribution in [-0.4, -0.2) is 54.8 Å². The molecule has 0 bridgehead atoms. The van der Waals surface area contributed by atoms with Crippen molar-refractivity contribution in [2.75, 3.05) is 19.0 Å². The first-order valence-electron chi connectivity index (χ1n) is 8.99. The van der Waals surface area contributed by atoms with Crippen LogP contribution in [0.2, 0.25) is 0 Å². The van der Waals surface area contributed by atoms with Gasteiger partial charge in [-0.05, 0) is 37.0 Å². The maximum Gasteiger partial charge on any atom is 0.407 e. The van der Waals surface area contributed by atoms with Crippen molar-refractivity contribution >= 4 is 45.8 Å². The van der Waals surface area contributed by atoms with E-state index in [1.165, 1.54) is 12.0 Å². The Kier molecular flexibility index (Phi) is 7.56. The molecule has 1 heterocycles. The summed E-state index contributed by atoms with van der Waals surface area (Å²) in [6, 6.07) is 3.49. The molecule has 0 aliphatic carbocycles. The number of halogens is 1. The lowest BCUT2D eigenvalue weighted by Crippen LogP contribution is -2.54. The summed E-state index contributed by atoms with van der Waals surface area (Å²) >= 11 is 3.28. The van der Waals surface area contributed by atoms with E-state index < -0.39 is 18.2 Å². The van der Waals surface area contributed by atoms with Gasteiger partial charge in [-0.15, -0.1) is 0 Å². The molecule has 0 saturated carbocycles. The number of rotatable bonds is 6. The number of ether oxygens (including phenoxy) is 1. The van der Waals surface area contributed by atoms with Crippen molar-refractivity contribution in [2.24, 2.45) is 5.92 Å². The monoisotopic (exact) mass is 453 g/mol. The molecule has 0 spiro atoms. The Bertz CT molecular complexity index is 768. The summed E-state index contributed by atoms with van der Waals surface area (Å²) < 4.78 is 5.32. The summed E-state index contributed by atoms with van der Waals surface area (Å²) in [6.45, 7) is 4.04. The van der Waals surface area contributed by atoms with E-state index in [-0.39, 0.29) is 17.7 Å². The first-order valence-corrected chi connectivity index (χ1v) is 9.78. The molecular formula is C19H24BrN3O5. The first-order chi connectivity index (χ1) is 13.3. The highest BCUT2D eigenvalue weighted by Crippen LogP contribution is 2.24. The van der Waals surface area contributed by atoms with Gasteiger partial charge >= 0.3 is 6.09 Å². The molecule has 2 atom stereocenters. The van der Waals surface area contributed by atoms with Gasteiger partial charge in [-0.1, -0.05) is 29.8 Å². The maximum absolute atomic E-state index is 13.0.